The predicted octanol–water partition coefficient (Wildman–Crippen LogP) is 4.01. The van der Waals surface area contributed by atoms with Gasteiger partial charge >= 0.3 is 0 Å². The van der Waals surface area contributed by atoms with Gasteiger partial charge in [-0.3, -0.25) is 4.79 Å². The lowest BCUT2D eigenvalue weighted by Crippen LogP contribution is -2.24. The van der Waals surface area contributed by atoms with Crippen molar-refractivity contribution in [3.63, 3.8) is 0 Å². The minimum absolute atomic E-state index is 0.0562. The molecule has 0 radical (unpaired) electrons. The number of ether oxygens (including phenoxy) is 1. The van der Waals surface area contributed by atoms with Crippen LogP contribution in [-0.4, -0.2) is 27.4 Å². The zero-order valence-electron chi connectivity index (χ0n) is 16.0. The van der Waals surface area contributed by atoms with E-state index in [1.165, 1.54) is 0 Å². The number of fused-ring (bicyclic) bond motifs is 1. The molecule has 28 heavy (non-hydrogen) atoms. The maximum atomic E-state index is 12.5. The number of benzene rings is 2. The van der Waals surface area contributed by atoms with Crippen molar-refractivity contribution >= 4 is 11.7 Å². The van der Waals surface area contributed by atoms with Gasteiger partial charge in [-0.25, -0.2) is 4.68 Å². The molecule has 0 saturated heterocycles. The van der Waals surface area contributed by atoms with E-state index in [4.69, 9.17) is 4.74 Å². The van der Waals surface area contributed by atoms with Crippen LogP contribution in [0, 0.1) is 0 Å². The summed E-state index contributed by atoms with van der Waals surface area (Å²) in [4.78, 5) is 12.5. The van der Waals surface area contributed by atoms with Crippen LogP contribution in [0.3, 0.4) is 0 Å². The highest BCUT2D eigenvalue weighted by atomic mass is 16.5. The molecule has 1 aliphatic heterocycles. The Bertz CT molecular complexity index is 1030. The SMILES string of the molecule is CCOc1cc(C2CC(=O)Nc3c2cnn3-c2ccccc2CC)ccc1O. The van der Waals surface area contributed by atoms with Crippen LogP contribution in [0.4, 0.5) is 5.82 Å². The second-order valence-corrected chi connectivity index (χ2v) is 6.81. The van der Waals surface area contributed by atoms with Crippen LogP contribution in [0.15, 0.2) is 48.7 Å². The molecule has 2 aromatic carbocycles. The van der Waals surface area contributed by atoms with Crippen molar-refractivity contribution < 1.29 is 14.6 Å². The summed E-state index contributed by atoms with van der Waals surface area (Å²) in [5, 5.41) is 17.6. The molecule has 1 aromatic heterocycles. The number of nitrogens with zero attached hydrogens (tertiary/aromatic N) is 2. The lowest BCUT2D eigenvalue weighted by Gasteiger charge is -2.24. The molecule has 1 atom stereocenters. The summed E-state index contributed by atoms with van der Waals surface area (Å²) >= 11 is 0. The Morgan fingerprint density at radius 3 is 2.86 bits per heavy atom. The Kier molecular flexibility index (Phi) is 4.77. The molecular weight excluding hydrogens is 354 g/mol. The van der Waals surface area contributed by atoms with E-state index in [0.717, 1.165) is 28.8 Å². The van der Waals surface area contributed by atoms with E-state index in [1.54, 1.807) is 6.07 Å². The van der Waals surface area contributed by atoms with Crippen LogP contribution < -0.4 is 10.1 Å². The number of anilines is 1. The number of nitrogens with one attached hydrogen (secondary N) is 1. The van der Waals surface area contributed by atoms with Crippen molar-refractivity contribution in [3.8, 4) is 17.2 Å². The molecule has 1 aliphatic rings. The monoisotopic (exact) mass is 377 g/mol. The molecule has 0 saturated carbocycles. The van der Waals surface area contributed by atoms with E-state index >= 15 is 0 Å². The van der Waals surface area contributed by atoms with Crippen molar-refractivity contribution in [1.82, 2.24) is 9.78 Å². The molecule has 2 heterocycles. The summed E-state index contributed by atoms with van der Waals surface area (Å²) in [6, 6.07) is 13.3. The van der Waals surface area contributed by atoms with Crippen molar-refractivity contribution in [2.75, 3.05) is 11.9 Å². The number of carbonyl (C=O) groups excluding carboxylic acids is 1. The average molecular weight is 377 g/mol. The molecule has 0 spiro atoms. The van der Waals surface area contributed by atoms with Crippen molar-refractivity contribution in [2.45, 2.75) is 32.6 Å². The average Bonchev–Trinajstić information content (AvgIpc) is 3.12. The van der Waals surface area contributed by atoms with E-state index in [0.29, 0.717) is 24.6 Å². The van der Waals surface area contributed by atoms with Gasteiger partial charge < -0.3 is 15.2 Å². The van der Waals surface area contributed by atoms with Crippen LogP contribution in [0.2, 0.25) is 0 Å². The van der Waals surface area contributed by atoms with Crippen molar-refractivity contribution in [3.05, 3.63) is 65.4 Å². The molecule has 1 amide bonds. The van der Waals surface area contributed by atoms with Crippen LogP contribution in [0.1, 0.15) is 42.9 Å². The van der Waals surface area contributed by atoms with Crippen LogP contribution in [-0.2, 0) is 11.2 Å². The molecule has 6 nitrogen and oxygen atoms in total. The fraction of sp³-hybridized carbons (Fsp3) is 0.273. The Hall–Kier alpha value is -3.28. The Labute approximate surface area is 163 Å². The van der Waals surface area contributed by atoms with Gasteiger partial charge in [0.2, 0.25) is 5.91 Å². The number of amides is 1. The standard InChI is InChI=1S/C22H23N3O3/c1-3-14-7-5-6-8-18(14)25-22-17(13-23-25)16(12-21(27)24-22)15-9-10-19(26)20(11-15)28-4-2/h5-11,13,16,26H,3-4,12H2,1-2H3,(H,24,27). The minimum atomic E-state index is -0.147. The number of aromatic hydroxyl groups is 1. The van der Waals surface area contributed by atoms with Crippen molar-refractivity contribution in [1.29, 1.82) is 0 Å². The summed E-state index contributed by atoms with van der Waals surface area (Å²) in [5.41, 5.74) is 4.00. The van der Waals surface area contributed by atoms with Gasteiger partial charge in [0, 0.05) is 17.9 Å². The number of phenolic OH excluding ortho intramolecular Hbond substituents is 1. The largest absolute Gasteiger partial charge is 0.504 e. The number of hydrogen-bond acceptors (Lipinski definition) is 4. The summed E-state index contributed by atoms with van der Waals surface area (Å²) in [7, 11) is 0. The smallest absolute Gasteiger partial charge is 0.226 e. The molecule has 0 fully saturated rings. The van der Waals surface area contributed by atoms with Gasteiger partial charge in [-0.05, 0) is 42.7 Å². The van der Waals surface area contributed by atoms with Crippen LogP contribution >= 0.6 is 0 Å². The predicted molar refractivity (Wildman–Crippen MR) is 107 cm³/mol. The van der Waals surface area contributed by atoms with Gasteiger partial charge in [-0.2, -0.15) is 5.10 Å². The zero-order valence-corrected chi connectivity index (χ0v) is 16.0. The number of hydrogen-bond donors (Lipinski definition) is 2. The molecule has 0 bridgehead atoms. The van der Waals surface area contributed by atoms with E-state index in [9.17, 15) is 9.90 Å². The lowest BCUT2D eigenvalue weighted by atomic mass is 9.87. The maximum Gasteiger partial charge on any atom is 0.226 e. The van der Waals surface area contributed by atoms with E-state index in [-0.39, 0.29) is 17.6 Å². The second kappa shape index (κ2) is 7.38. The van der Waals surface area contributed by atoms with Gasteiger partial charge in [0.1, 0.15) is 5.82 Å². The van der Waals surface area contributed by atoms with Gasteiger partial charge in [0.05, 0.1) is 18.5 Å². The van der Waals surface area contributed by atoms with Gasteiger partial charge in [-0.15, -0.1) is 0 Å². The zero-order chi connectivity index (χ0) is 19.7. The Balaban J connectivity index is 1.80. The Morgan fingerprint density at radius 2 is 2.07 bits per heavy atom. The van der Waals surface area contributed by atoms with Crippen molar-refractivity contribution in [2.24, 2.45) is 0 Å². The Morgan fingerprint density at radius 1 is 1.25 bits per heavy atom. The molecule has 0 aliphatic carbocycles. The highest BCUT2D eigenvalue weighted by molar-refractivity contribution is 5.94. The van der Waals surface area contributed by atoms with E-state index < -0.39 is 0 Å². The third kappa shape index (κ3) is 3.11. The third-order valence-corrected chi connectivity index (χ3v) is 5.11. The first-order valence-corrected chi connectivity index (χ1v) is 9.54. The second-order valence-electron chi connectivity index (χ2n) is 6.81. The maximum absolute atomic E-state index is 12.5. The van der Waals surface area contributed by atoms with E-state index in [2.05, 4.69) is 23.4 Å². The number of aryl methyl sites for hydroxylation is 1. The quantitative estimate of drug-likeness (QED) is 0.704. The molecule has 6 heteroatoms. The first kappa shape index (κ1) is 18.1. The minimum Gasteiger partial charge on any atom is -0.504 e. The normalized spacial score (nSPS) is 15.8. The van der Waals surface area contributed by atoms with Gasteiger partial charge in [0.25, 0.3) is 0 Å². The number of para-hydroxylation sites is 1. The summed E-state index contributed by atoms with van der Waals surface area (Å²) in [5.74, 6) is 1.02. The highest BCUT2D eigenvalue weighted by Gasteiger charge is 2.31. The topological polar surface area (TPSA) is 76.4 Å². The third-order valence-electron chi connectivity index (χ3n) is 5.11. The fourth-order valence-electron chi connectivity index (χ4n) is 3.73. The number of rotatable bonds is 5. The highest BCUT2D eigenvalue weighted by Crippen LogP contribution is 2.40. The molecule has 144 valence electrons. The fourth-order valence-corrected chi connectivity index (χ4v) is 3.73. The summed E-state index contributed by atoms with van der Waals surface area (Å²) in [6.45, 7) is 4.43. The van der Waals surface area contributed by atoms with Gasteiger partial charge in [0.15, 0.2) is 11.5 Å². The number of aromatic nitrogens is 2. The summed E-state index contributed by atoms with van der Waals surface area (Å²) < 4.78 is 7.32. The first-order valence-electron chi connectivity index (χ1n) is 9.54. The lowest BCUT2D eigenvalue weighted by molar-refractivity contribution is -0.116. The van der Waals surface area contributed by atoms with Gasteiger partial charge in [-0.1, -0.05) is 31.2 Å². The first-order chi connectivity index (χ1) is 13.6. The number of phenols is 1. The molecule has 3 aromatic rings. The molecule has 1 unspecified atom stereocenters. The molecule has 2 N–H and O–H groups in total. The van der Waals surface area contributed by atoms with Crippen LogP contribution in [0.5, 0.6) is 11.5 Å². The number of carbonyl (C=O) groups is 1. The van der Waals surface area contributed by atoms with Crippen LogP contribution in [0.25, 0.3) is 5.69 Å². The van der Waals surface area contributed by atoms with E-state index in [1.807, 2.05) is 48.1 Å². The summed E-state index contributed by atoms with van der Waals surface area (Å²) in [6.07, 6.45) is 3.02. The molecule has 4 rings (SSSR count). The molecular formula is C22H23N3O3.